The largest absolute Gasteiger partial charge is 0.368 e. The number of benzene rings is 1. The van der Waals surface area contributed by atoms with Gasteiger partial charge in [-0.05, 0) is 30.9 Å². The third-order valence-corrected chi connectivity index (χ3v) is 5.01. The highest BCUT2D eigenvalue weighted by molar-refractivity contribution is 5.99. The van der Waals surface area contributed by atoms with Crippen molar-refractivity contribution in [3.05, 3.63) is 47.8 Å². The van der Waals surface area contributed by atoms with Crippen LogP contribution in [0.3, 0.4) is 0 Å². The first-order valence-corrected chi connectivity index (χ1v) is 8.69. The minimum absolute atomic E-state index is 0.000116. The number of hydrogen-bond donors (Lipinski definition) is 2. The molecule has 2 amide bonds. The Labute approximate surface area is 147 Å². The predicted molar refractivity (Wildman–Crippen MR) is 96.0 cm³/mol. The van der Waals surface area contributed by atoms with E-state index in [0.717, 1.165) is 43.2 Å². The molecule has 1 aromatic heterocycles. The first kappa shape index (κ1) is 17.2. The Balaban J connectivity index is 1.86. The zero-order chi connectivity index (χ0) is 17.9. The maximum Gasteiger partial charge on any atom is 0.239 e. The molecular formula is C19H24N4O2. The monoisotopic (exact) mass is 340 g/mol. The van der Waals surface area contributed by atoms with E-state index < -0.39 is 11.3 Å². The predicted octanol–water partition coefficient (Wildman–Crippen LogP) is 2.52. The Bertz CT molecular complexity index is 775. The summed E-state index contributed by atoms with van der Waals surface area (Å²) in [5.41, 5.74) is 7.51. The van der Waals surface area contributed by atoms with Gasteiger partial charge in [-0.2, -0.15) is 5.10 Å². The van der Waals surface area contributed by atoms with Gasteiger partial charge in [-0.15, -0.1) is 0 Å². The number of carbonyl (C=O) groups excluding carboxylic acids is 2. The number of primary amides is 1. The van der Waals surface area contributed by atoms with Crippen LogP contribution in [0.15, 0.2) is 36.7 Å². The van der Waals surface area contributed by atoms with Crippen molar-refractivity contribution in [2.75, 3.05) is 5.32 Å². The number of amides is 2. The second-order valence-electron chi connectivity index (χ2n) is 6.80. The van der Waals surface area contributed by atoms with Crippen LogP contribution in [0.25, 0.3) is 0 Å². The first-order chi connectivity index (χ1) is 12.0. The molecule has 0 radical (unpaired) electrons. The molecule has 1 aromatic carbocycles. The van der Waals surface area contributed by atoms with Gasteiger partial charge in [0.15, 0.2) is 0 Å². The van der Waals surface area contributed by atoms with Crippen LogP contribution in [-0.2, 0) is 21.5 Å². The van der Waals surface area contributed by atoms with E-state index in [0.29, 0.717) is 5.69 Å². The molecule has 132 valence electrons. The van der Waals surface area contributed by atoms with Crippen LogP contribution in [-0.4, -0.2) is 21.6 Å². The molecule has 3 rings (SSSR count). The van der Waals surface area contributed by atoms with Crippen molar-refractivity contribution < 1.29 is 9.59 Å². The van der Waals surface area contributed by atoms with Crippen molar-refractivity contribution in [1.82, 2.24) is 9.78 Å². The topological polar surface area (TPSA) is 90.0 Å². The molecule has 0 atom stereocenters. The Morgan fingerprint density at radius 3 is 2.64 bits per heavy atom. The summed E-state index contributed by atoms with van der Waals surface area (Å²) < 4.78 is 1.43. The van der Waals surface area contributed by atoms with E-state index in [2.05, 4.69) is 29.5 Å². The van der Waals surface area contributed by atoms with Gasteiger partial charge in [0.25, 0.3) is 0 Å². The average Bonchev–Trinajstić information content (AvgIpc) is 3.02. The van der Waals surface area contributed by atoms with Crippen LogP contribution in [0.2, 0.25) is 0 Å². The van der Waals surface area contributed by atoms with Crippen LogP contribution in [0.5, 0.6) is 0 Å². The molecule has 1 fully saturated rings. The normalized spacial score (nSPS) is 16.4. The quantitative estimate of drug-likeness (QED) is 0.876. The fourth-order valence-electron chi connectivity index (χ4n) is 3.81. The molecule has 1 heterocycles. The smallest absolute Gasteiger partial charge is 0.239 e. The van der Waals surface area contributed by atoms with Gasteiger partial charge >= 0.3 is 0 Å². The van der Waals surface area contributed by atoms with Crippen LogP contribution in [0, 0.1) is 6.92 Å². The molecule has 0 saturated heterocycles. The molecule has 3 N–H and O–H groups in total. The maximum atomic E-state index is 13.2. The summed E-state index contributed by atoms with van der Waals surface area (Å²) in [7, 11) is 0. The van der Waals surface area contributed by atoms with E-state index in [1.165, 1.54) is 4.68 Å². The third kappa shape index (κ3) is 3.57. The van der Waals surface area contributed by atoms with Crippen molar-refractivity contribution in [1.29, 1.82) is 0 Å². The highest BCUT2D eigenvalue weighted by Gasteiger charge is 2.42. The molecule has 6 nitrogen and oxygen atoms in total. The van der Waals surface area contributed by atoms with Gasteiger partial charge in [0.05, 0.1) is 17.3 Å². The number of aryl methyl sites for hydroxylation is 1. The van der Waals surface area contributed by atoms with Crippen LogP contribution in [0.4, 0.5) is 5.69 Å². The fraction of sp³-hybridized carbons (Fsp3) is 0.421. The Morgan fingerprint density at radius 1 is 1.24 bits per heavy atom. The van der Waals surface area contributed by atoms with Gasteiger partial charge < -0.3 is 11.1 Å². The van der Waals surface area contributed by atoms with E-state index in [1.54, 1.807) is 12.4 Å². The summed E-state index contributed by atoms with van der Waals surface area (Å²) in [5, 5.41) is 7.07. The molecule has 1 aliphatic rings. The Morgan fingerprint density at radius 2 is 1.96 bits per heavy atom. The Kier molecular flexibility index (Phi) is 4.88. The lowest BCUT2D eigenvalue weighted by Gasteiger charge is -2.37. The lowest BCUT2D eigenvalue weighted by molar-refractivity contribution is -0.122. The number of hydrogen-bond acceptors (Lipinski definition) is 3. The van der Waals surface area contributed by atoms with E-state index in [-0.39, 0.29) is 12.5 Å². The third-order valence-electron chi connectivity index (χ3n) is 5.01. The number of nitrogens with zero attached hydrogens (tertiary/aromatic N) is 2. The zero-order valence-electron chi connectivity index (χ0n) is 14.5. The highest BCUT2D eigenvalue weighted by atomic mass is 16.2. The number of nitrogens with two attached hydrogens (primary N) is 1. The minimum atomic E-state index is -0.505. The highest BCUT2D eigenvalue weighted by Crippen LogP contribution is 2.41. The van der Waals surface area contributed by atoms with Gasteiger partial charge in [-0.1, -0.05) is 43.5 Å². The zero-order valence-corrected chi connectivity index (χ0v) is 14.5. The molecule has 0 spiro atoms. The van der Waals surface area contributed by atoms with Crippen LogP contribution >= 0.6 is 0 Å². The second kappa shape index (κ2) is 7.09. The second-order valence-corrected chi connectivity index (χ2v) is 6.80. The summed E-state index contributed by atoms with van der Waals surface area (Å²) in [6.07, 6.45) is 8.13. The number of carbonyl (C=O) groups is 2. The summed E-state index contributed by atoms with van der Waals surface area (Å²) in [5.74, 6) is -0.468. The van der Waals surface area contributed by atoms with Gasteiger partial charge in [-0.25, -0.2) is 0 Å². The van der Waals surface area contributed by atoms with Gasteiger partial charge in [0.1, 0.15) is 6.54 Å². The Hall–Kier alpha value is -2.63. The molecule has 0 bridgehead atoms. The van der Waals surface area contributed by atoms with Crippen molar-refractivity contribution in [3.63, 3.8) is 0 Å². The fourth-order valence-corrected chi connectivity index (χ4v) is 3.81. The van der Waals surface area contributed by atoms with Crippen LogP contribution in [0.1, 0.15) is 43.2 Å². The molecule has 6 heteroatoms. The number of aromatic nitrogens is 2. The lowest BCUT2D eigenvalue weighted by atomic mass is 9.67. The SMILES string of the molecule is Cc1ccccc1C1(C(=O)Nc2cnn(CC(N)=O)c2)CCCCC1. The van der Waals surface area contributed by atoms with E-state index in [4.69, 9.17) is 5.73 Å². The lowest BCUT2D eigenvalue weighted by Crippen LogP contribution is -2.42. The number of anilines is 1. The first-order valence-electron chi connectivity index (χ1n) is 8.69. The van der Waals surface area contributed by atoms with Crippen molar-refractivity contribution in [2.45, 2.75) is 51.0 Å². The molecule has 2 aromatic rings. The van der Waals surface area contributed by atoms with Crippen molar-refractivity contribution >= 4 is 17.5 Å². The maximum absolute atomic E-state index is 13.2. The van der Waals surface area contributed by atoms with Crippen LogP contribution < -0.4 is 11.1 Å². The summed E-state index contributed by atoms with van der Waals surface area (Å²) in [4.78, 5) is 24.2. The minimum Gasteiger partial charge on any atom is -0.368 e. The van der Waals surface area contributed by atoms with Gasteiger partial charge in [0, 0.05) is 6.20 Å². The summed E-state index contributed by atoms with van der Waals surface area (Å²) in [6, 6.07) is 8.12. The summed E-state index contributed by atoms with van der Waals surface area (Å²) in [6.45, 7) is 2.06. The van der Waals surface area contributed by atoms with E-state index >= 15 is 0 Å². The van der Waals surface area contributed by atoms with E-state index in [1.807, 2.05) is 12.1 Å². The number of nitrogens with one attached hydrogen (secondary N) is 1. The van der Waals surface area contributed by atoms with Gasteiger partial charge in [0.2, 0.25) is 11.8 Å². The molecule has 0 aliphatic heterocycles. The average molecular weight is 340 g/mol. The summed E-state index contributed by atoms with van der Waals surface area (Å²) >= 11 is 0. The molecular weight excluding hydrogens is 316 g/mol. The van der Waals surface area contributed by atoms with Crippen molar-refractivity contribution in [3.8, 4) is 0 Å². The molecule has 1 aliphatic carbocycles. The van der Waals surface area contributed by atoms with Crippen molar-refractivity contribution in [2.24, 2.45) is 5.73 Å². The number of rotatable bonds is 5. The van der Waals surface area contributed by atoms with E-state index in [9.17, 15) is 9.59 Å². The standard InChI is InChI=1S/C19H24N4O2/c1-14-7-3-4-8-16(14)19(9-5-2-6-10-19)18(25)22-15-11-21-23(12-15)13-17(20)24/h3-4,7-8,11-12H,2,5-6,9-10,13H2,1H3,(H2,20,24)(H,22,25). The molecule has 25 heavy (non-hydrogen) atoms. The van der Waals surface area contributed by atoms with Gasteiger partial charge in [-0.3, -0.25) is 14.3 Å². The molecule has 1 saturated carbocycles. The molecule has 0 unspecified atom stereocenters.